The van der Waals surface area contributed by atoms with E-state index in [0.29, 0.717) is 17.7 Å². The van der Waals surface area contributed by atoms with E-state index < -0.39 is 24.0 Å². The quantitative estimate of drug-likeness (QED) is 0.581. The predicted molar refractivity (Wildman–Crippen MR) is 142 cm³/mol. The molecule has 0 bridgehead atoms. The molecule has 0 spiro atoms. The maximum Gasteiger partial charge on any atom is 0.249 e. The molecule has 1 aromatic carbocycles. The summed E-state index contributed by atoms with van der Waals surface area (Å²) in [7, 11) is 1.60. The van der Waals surface area contributed by atoms with Crippen molar-refractivity contribution in [2.24, 2.45) is 11.7 Å². The first-order chi connectivity index (χ1) is 18.5. The number of primary amides is 1. The monoisotopic (exact) mass is 524 g/mol. The highest BCUT2D eigenvalue weighted by atomic mass is 16.5. The molecule has 2 aliphatic carbocycles. The lowest BCUT2D eigenvalue weighted by Crippen LogP contribution is -2.47. The van der Waals surface area contributed by atoms with Crippen LogP contribution in [-0.2, 0) is 19.1 Å². The Hall–Kier alpha value is -2.49. The van der Waals surface area contributed by atoms with Gasteiger partial charge in [-0.05, 0) is 55.4 Å². The van der Waals surface area contributed by atoms with Gasteiger partial charge in [0.1, 0.15) is 24.9 Å². The number of ether oxygens (including phenoxy) is 2. The van der Waals surface area contributed by atoms with Gasteiger partial charge in [-0.3, -0.25) is 19.3 Å². The summed E-state index contributed by atoms with van der Waals surface area (Å²) in [4.78, 5) is 46.6. The Morgan fingerprint density at radius 2 is 1.79 bits per heavy atom. The molecule has 6 rings (SSSR count). The van der Waals surface area contributed by atoms with Crippen LogP contribution in [0.4, 0.5) is 5.69 Å². The number of hydrogen-bond donors (Lipinski definition) is 1. The van der Waals surface area contributed by atoms with Crippen molar-refractivity contribution >= 4 is 23.3 Å². The van der Waals surface area contributed by atoms with E-state index in [4.69, 9.17) is 15.2 Å². The summed E-state index contributed by atoms with van der Waals surface area (Å²) in [5.74, 6) is -1.15. The lowest BCUT2D eigenvalue weighted by atomic mass is 9.74. The number of likely N-dealkylation sites (tertiary alicyclic amines) is 1. The van der Waals surface area contributed by atoms with E-state index in [0.717, 1.165) is 70.0 Å². The highest BCUT2D eigenvalue weighted by molar-refractivity contribution is 5.99. The van der Waals surface area contributed by atoms with Gasteiger partial charge in [0.05, 0.1) is 12.5 Å². The van der Waals surface area contributed by atoms with Gasteiger partial charge >= 0.3 is 0 Å². The Morgan fingerprint density at radius 3 is 2.45 bits per heavy atom. The number of nitrogens with zero attached hydrogens (tertiary/aromatic N) is 3. The minimum atomic E-state index is -0.630. The summed E-state index contributed by atoms with van der Waals surface area (Å²) in [5, 5.41) is 0. The average Bonchev–Trinajstić information content (AvgIpc) is 3.63. The number of ketones is 1. The van der Waals surface area contributed by atoms with E-state index in [-0.39, 0.29) is 30.3 Å². The summed E-state index contributed by atoms with van der Waals surface area (Å²) in [6, 6.07) is 5.94. The van der Waals surface area contributed by atoms with E-state index in [9.17, 15) is 14.4 Å². The summed E-state index contributed by atoms with van der Waals surface area (Å²) >= 11 is 0. The number of carbonyl (C=O) groups excluding carboxylic acids is 3. The first-order valence-corrected chi connectivity index (χ1v) is 14.4. The number of benzene rings is 1. The molecular formula is C29H40N4O5. The number of Topliss-reactive ketones (excluding diaryl/α,β-unsaturated/α-hetero) is 1. The fraction of sp³-hybridized carbons (Fsp3) is 0.690. The number of anilines is 1. The molecule has 2 saturated carbocycles. The molecule has 9 nitrogen and oxygen atoms in total. The van der Waals surface area contributed by atoms with Crippen LogP contribution >= 0.6 is 0 Å². The number of methoxy groups -OCH3 is 1. The zero-order valence-corrected chi connectivity index (χ0v) is 22.3. The first-order valence-electron chi connectivity index (χ1n) is 14.4. The molecule has 5 aliphatic rings. The molecule has 38 heavy (non-hydrogen) atoms. The lowest BCUT2D eigenvalue weighted by Gasteiger charge is -2.38. The second-order valence-corrected chi connectivity index (χ2v) is 11.7. The van der Waals surface area contributed by atoms with Gasteiger partial charge in [-0.15, -0.1) is 0 Å². The third kappa shape index (κ3) is 4.73. The molecule has 3 aliphatic heterocycles. The standard InChI is InChI=1S/C29H40N4O5/c1-37-24-16-33(26-23(34)17-38-27(24)26)29(36)25(18-5-3-2-4-6-18)22-15-20(9-10-21(22)28(30)35)32-13-11-31(12-14-32)19-7-8-19/h9-10,15,18-19,24-27H,2-8,11-14,16-17H2,1H3,(H2,30,35)/t24-,25-,26+,27+/m0/s1. The van der Waals surface area contributed by atoms with Gasteiger partial charge in [0.15, 0.2) is 5.78 Å². The second kappa shape index (κ2) is 10.6. The topological polar surface area (TPSA) is 105 Å². The summed E-state index contributed by atoms with van der Waals surface area (Å²) < 4.78 is 11.4. The third-order valence-corrected chi connectivity index (χ3v) is 9.49. The van der Waals surface area contributed by atoms with Crippen LogP contribution in [0.3, 0.4) is 0 Å². The third-order valence-electron chi connectivity index (χ3n) is 9.49. The molecule has 1 aromatic rings. The van der Waals surface area contributed by atoms with Crippen molar-refractivity contribution in [1.82, 2.24) is 9.80 Å². The van der Waals surface area contributed by atoms with Crippen LogP contribution < -0.4 is 10.6 Å². The normalized spacial score (nSPS) is 29.5. The van der Waals surface area contributed by atoms with Gasteiger partial charge < -0.3 is 25.0 Å². The molecule has 206 valence electrons. The maximum atomic E-state index is 14.5. The highest BCUT2D eigenvalue weighted by Gasteiger charge is 2.54. The van der Waals surface area contributed by atoms with E-state index >= 15 is 0 Å². The van der Waals surface area contributed by atoms with Gasteiger partial charge in [0, 0.05) is 50.6 Å². The Kier molecular flexibility index (Phi) is 7.18. The predicted octanol–water partition coefficient (Wildman–Crippen LogP) is 1.93. The fourth-order valence-electron chi connectivity index (χ4n) is 7.30. The van der Waals surface area contributed by atoms with Gasteiger partial charge in [-0.2, -0.15) is 0 Å². The van der Waals surface area contributed by atoms with Gasteiger partial charge in [0.2, 0.25) is 11.8 Å². The van der Waals surface area contributed by atoms with Crippen LogP contribution in [0.1, 0.15) is 66.8 Å². The molecule has 3 heterocycles. The average molecular weight is 525 g/mol. The zero-order chi connectivity index (χ0) is 26.4. The minimum absolute atomic E-state index is 0.00191. The van der Waals surface area contributed by atoms with E-state index in [2.05, 4.69) is 9.80 Å². The van der Waals surface area contributed by atoms with E-state index in [1.165, 1.54) is 12.8 Å². The number of carbonyl (C=O) groups is 3. The Labute approximate surface area is 224 Å². The van der Waals surface area contributed by atoms with Crippen molar-refractivity contribution < 1.29 is 23.9 Å². The van der Waals surface area contributed by atoms with Crippen LogP contribution in [0.15, 0.2) is 18.2 Å². The number of amides is 2. The van der Waals surface area contributed by atoms with Crippen LogP contribution in [-0.4, -0.2) is 98.1 Å². The van der Waals surface area contributed by atoms with E-state index in [1.54, 1.807) is 18.1 Å². The SMILES string of the molecule is CO[C@H]1CN(C(=O)[C@H](c2cc(N3CCN(C4CC4)CC3)ccc2C(N)=O)C2CCCCC2)[C@@H]2C(=O)CO[C@H]12. The van der Waals surface area contributed by atoms with Gasteiger partial charge in [-0.1, -0.05) is 19.3 Å². The number of rotatable bonds is 7. The maximum absolute atomic E-state index is 14.5. The van der Waals surface area contributed by atoms with Crippen molar-refractivity contribution in [1.29, 1.82) is 0 Å². The van der Waals surface area contributed by atoms with E-state index in [1.807, 2.05) is 12.1 Å². The van der Waals surface area contributed by atoms with Crippen LogP contribution in [0.25, 0.3) is 0 Å². The number of fused-ring (bicyclic) bond motifs is 1. The molecular weight excluding hydrogens is 484 g/mol. The fourth-order valence-corrected chi connectivity index (χ4v) is 7.30. The molecule has 2 amide bonds. The smallest absolute Gasteiger partial charge is 0.249 e. The van der Waals surface area contributed by atoms with Crippen LogP contribution in [0, 0.1) is 5.92 Å². The van der Waals surface area contributed by atoms with Crippen molar-refractivity contribution in [2.75, 3.05) is 51.3 Å². The molecule has 0 aromatic heterocycles. The largest absolute Gasteiger partial charge is 0.377 e. The summed E-state index contributed by atoms with van der Waals surface area (Å²) in [6.07, 6.45) is 6.92. The van der Waals surface area contributed by atoms with Crippen molar-refractivity contribution in [2.45, 2.75) is 75.2 Å². The number of nitrogens with two attached hydrogens (primary N) is 1. The highest BCUT2D eigenvalue weighted by Crippen LogP contribution is 2.42. The molecule has 3 saturated heterocycles. The summed E-state index contributed by atoms with van der Waals surface area (Å²) in [6.45, 7) is 4.21. The van der Waals surface area contributed by atoms with Gasteiger partial charge in [-0.25, -0.2) is 0 Å². The van der Waals surface area contributed by atoms with Crippen molar-refractivity contribution in [3.8, 4) is 0 Å². The number of hydrogen-bond acceptors (Lipinski definition) is 7. The van der Waals surface area contributed by atoms with Crippen molar-refractivity contribution in [3.63, 3.8) is 0 Å². The summed E-state index contributed by atoms with van der Waals surface area (Å²) in [5.41, 5.74) is 8.04. The number of piperazine rings is 1. The second-order valence-electron chi connectivity index (χ2n) is 11.7. The Bertz CT molecular complexity index is 1080. The molecule has 5 fully saturated rings. The molecule has 0 radical (unpaired) electrons. The first kappa shape index (κ1) is 25.8. The van der Waals surface area contributed by atoms with Crippen molar-refractivity contribution in [3.05, 3.63) is 29.3 Å². The van der Waals surface area contributed by atoms with Crippen LogP contribution in [0.5, 0.6) is 0 Å². The van der Waals surface area contributed by atoms with Gasteiger partial charge in [0.25, 0.3) is 0 Å². The molecule has 2 N–H and O–H groups in total. The minimum Gasteiger partial charge on any atom is -0.377 e. The molecule has 0 unspecified atom stereocenters. The Balaban J connectivity index is 1.35. The lowest BCUT2D eigenvalue weighted by molar-refractivity contribution is -0.139. The van der Waals surface area contributed by atoms with Crippen LogP contribution in [0.2, 0.25) is 0 Å². The molecule has 9 heteroatoms. The Morgan fingerprint density at radius 1 is 1.05 bits per heavy atom. The zero-order valence-electron chi connectivity index (χ0n) is 22.3. The molecule has 4 atom stereocenters.